The van der Waals surface area contributed by atoms with E-state index >= 15 is 0 Å². The van der Waals surface area contributed by atoms with Crippen molar-refractivity contribution in [1.82, 2.24) is 15.1 Å². The molecule has 0 radical (unpaired) electrons. The first-order valence-corrected chi connectivity index (χ1v) is 8.06. The van der Waals surface area contributed by atoms with Crippen molar-refractivity contribution < 1.29 is 9.59 Å². The highest BCUT2D eigenvalue weighted by atomic mass is 35.5. The van der Waals surface area contributed by atoms with E-state index in [0.29, 0.717) is 25.9 Å². The highest BCUT2D eigenvalue weighted by molar-refractivity contribution is 6.30. The molecule has 0 aromatic heterocycles. The van der Waals surface area contributed by atoms with Crippen molar-refractivity contribution in [3.05, 3.63) is 34.9 Å². The molecule has 1 aromatic rings. The molecule has 2 amide bonds. The van der Waals surface area contributed by atoms with Crippen LogP contribution in [0.25, 0.3) is 0 Å². The van der Waals surface area contributed by atoms with Gasteiger partial charge in [-0.2, -0.15) is 0 Å². The molecule has 2 aliphatic heterocycles. The number of hydrogen-bond donors (Lipinski definition) is 1. The third-order valence-corrected chi connectivity index (χ3v) is 4.59. The number of hydrogen-bond acceptors (Lipinski definition) is 4. The summed E-state index contributed by atoms with van der Waals surface area (Å²) in [4.78, 5) is 27.1. The minimum atomic E-state index is -0.0422. The number of imide groups is 1. The summed E-state index contributed by atoms with van der Waals surface area (Å²) in [6.45, 7) is 3.85. The zero-order valence-corrected chi connectivity index (χ0v) is 14.4. The topological polar surface area (TPSA) is 52.7 Å². The lowest BCUT2D eigenvalue weighted by Crippen LogP contribution is -2.48. The van der Waals surface area contributed by atoms with E-state index in [0.717, 1.165) is 24.7 Å². The number of carbonyl (C=O) groups excluding carboxylic acids is 2. The number of likely N-dealkylation sites (tertiary alicyclic amines) is 1. The Morgan fingerprint density at radius 3 is 2.61 bits per heavy atom. The molecule has 2 aliphatic rings. The number of amides is 2. The Kier molecular flexibility index (Phi) is 6.41. The van der Waals surface area contributed by atoms with Gasteiger partial charge in [-0.15, -0.1) is 12.4 Å². The maximum absolute atomic E-state index is 11.7. The van der Waals surface area contributed by atoms with Gasteiger partial charge in [0.1, 0.15) is 0 Å². The van der Waals surface area contributed by atoms with Gasteiger partial charge in [0.2, 0.25) is 11.8 Å². The van der Waals surface area contributed by atoms with Crippen molar-refractivity contribution in [2.45, 2.75) is 18.9 Å². The normalized spacial score (nSPS) is 22.3. The van der Waals surface area contributed by atoms with Crippen LogP contribution in [-0.4, -0.2) is 54.3 Å². The lowest BCUT2D eigenvalue weighted by Gasteiger charge is -2.37. The number of nitrogens with one attached hydrogen (secondary N) is 1. The third kappa shape index (κ3) is 4.23. The Balaban J connectivity index is 0.00000192. The zero-order valence-electron chi connectivity index (χ0n) is 12.8. The number of carbonyl (C=O) groups is 2. The molecule has 1 aromatic carbocycles. The molecule has 1 atom stereocenters. The van der Waals surface area contributed by atoms with Gasteiger partial charge in [0, 0.05) is 56.6 Å². The second-order valence-corrected chi connectivity index (χ2v) is 6.19. The van der Waals surface area contributed by atoms with Crippen molar-refractivity contribution >= 4 is 35.8 Å². The molecule has 2 fully saturated rings. The predicted octanol–water partition coefficient (Wildman–Crippen LogP) is 1.86. The molecule has 0 bridgehead atoms. The van der Waals surface area contributed by atoms with E-state index in [1.165, 1.54) is 10.5 Å². The highest BCUT2D eigenvalue weighted by Gasteiger charge is 2.30. The minimum Gasteiger partial charge on any atom is -0.314 e. The SMILES string of the molecule is Cl.O=C1CCC(=O)N1CCN1CCNCC1c1cccc(Cl)c1. The van der Waals surface area contributed by atoms with Gasteiger partial charge in [0.15, 0.2) is 0 Å². The molecule has 126 valence electrons. The lowest BCUT2D eigenvalue weighted by molar-refractivity contribution is -0.138. The summed E-state index contributed by atoms with van der Waals surface area (Å²) >= 11 is 6.09. The van der Waals surface area contributed by atoms with Gasteiger partial charge < -0.3 is 5.32 Å². The van der Waals surface area contributed by atoms with Crippen molar-refractivity contribution in [2.24, 2.45) is 0 Å². The molecule has 0 saturated carbocycles. The number of benzene rings is 1. The third-order valence-electron chi connectivity index (χ3n) is 4.35. The van der Waals surface area contributed by atoms with Crippen LogP contribution in [0, 0.1) is 0 Å². The summed E-state index contributed by atoms with van der Waals surface area (Å²) in [6.07, 6.45) is 0.718. The number of nitrogens with zero attached hydrogens (tertiary/aromatic N) is 2. The Labute approximate surface area is 147 Å². The van der Waals surface area contributed by atoms with Gasteiger partial charge in [-0.3, -0.25) is 19.4 Å². The smallest absolute Gasteiger partial charge is 0.229 e. The monoisotopic (exact) mass is 357 g/mol. The van der Waals surface area contributed by atoms with Crippen LogP contribution in [0.3, 0.4) is 0 Å². The van der Waals surface area contributed by atoms with Crippen LogP contribution in [0.1, 0.15) is 24.4 Å². The Morgan fingerprint density at radius 2 is 1.91 bits per heavy atom. The second kappa shape index (κ2) is 8.11. The van der Waals surface area contributed by atoms with Crippen LogP contribution < -0.4 is 5.32 Å². The maximum atomic E-state index is 11.7. The Morgan fingerprint density at radius 1 is 1.17 bits per heavy atom. The zero-order chi connectivity index (χ0) is 15.5. The van der Waals surface area contributed by atoms with Gasteiger partial charge in [-0.25, -0.2) is 0 Å². The summed E-state index contributed by atoms with van der Waals surface area (Å²) in [5, 5.41) is 4.13. The van der Waals surface area contributed by atoms with Gasteiger partial charge in [0.25, 0.3) is 0 Å². The van der Waals surface area contributed by atoms with E-state index in [1.54, 1.807) is 0 Å². The first-order valence-electron chi connectivity index (χ1n) is 7.68. The van der Waals surface area contributed by atoms with Crippen LogP contribution in [0.4, 0.5) is 0 Å². The van der Waals surface area contributed by atoms with E-state index in [4.69, 9.17) is 11.6 Å². The molecular formula is C16H21Cl2N3O2. The molecule has 5 nitrogen and oxygen atoms in total. The fourth-order valence-corrected chi connectivity index (χ4v) is 3.36. The molecule has 1 N–H and O–H groups in total. The molecule has 7 heteroatoms. The van der Waals surface area contributed by atoms with Crippen LogP contribution in [0.15, 0.2) is 24.3 Å². The first-order chi connectivity index (χ1) is 10.6. The van der Waals surface area contributed by atoms with Gasteiger partial charge in [0.05, 0.1) is 0 Å². The van der Waals surface area contributed by atoms with E-state index in [2.05, 4.69) is 16.3 Å². The molecule has 0 aliphatic carbocycles. The number of halogens is 2. The van der Waals surface area contributed by atoms with Crippen LogP contribution >= 0.6 is 24.0 Å². The summed E-state index contributed by atoms with van der Waals surface area (Å²) < 4.78 is 0. The average molecular weight is 358 g/mol. The molecule has 0 spiro atoms. The van der Waals surface area contributed by atoms with Crippen molar-refractivity contribution in [3.63, 3.8) is 0 Å². The van der Waals surface area contributed by atoms with E-state index in [-0.39, 0.29) is 30.3 Å². The standard InChI is InChI=1S/C16H20ClN3O2.ClH/c17-13-3-1-2-12(10-13)14-11-18-6-7-19(14)8-9-20-15(21)4-5-16(20)22;/h1-3,10,14,18H,4-9,11H2;1H. The van der Waals surface area contributed by atoms with Crippen molar-refractivity contribution in [3.8, 4) is 0 Å². The summed E-state index contributed by atoms with van der Waals surface area (Å²) in [7, 11) is 0. The largest absolute Gasteiger partial charge is 0.314 e. The molecule has 2 saturated heterocycles. The highest BCUT2D eigenvalue weighted by Crippen LogP contribution is 2.24. The quantitative estimate of drug-likeness (QED) is 0.835. The number of piperazine rings is 1. The minimum absolute atomic E-state index is 0. The molecular weight excluding hydrogens is 337 g/mol. The summed E-state index contributed by atoms with van der Waals surface area (Å²) in [5.74, 6) is -0.0844. The maximum Gasteiger partial charge on any atom is 0.229 e. The van der Waals surface area contributed by atoms with Gasteiger partial charge in [-0.1, -0.05) is 23.7 Å². The molecule has 23 heavy (non-hydrogen) atoms. The predicted molar refractivity (Wildman–Crippen MR) is 91.8 cm³/mol. The van der Waals surface area contributed by atoms with Crippen molar-refractivity contribution in [1.29, 1.82) is 0 Å². The fourth-order valence-electron chi connectivity index (χ4n) is 3.16. The van der Waals surface area contributed by atoms with Gasteiger partial charge >= 0.3 is 0 Å². The average Bonchev–Trinajstić information content (AvgIpc) is 2.84. The van der Waals surface area contributed by atoms with E-state index in [1.807, 2.05) is 18.2 Å². The van der Waals surface area contributed by atoms with E-state index < -0.39 is 0 Å². The summed E-state index contributed by atoms with van der Waals surface area (Å²) in [6, 6.07) is 8.10. The van der Waals surface area contributed by atoms with Crippen LogP contribution in [0.5, 0.6) is 0 Å². The lowest BCUT2D eigenvalue weighted by atomic mass is 10.0. The Hall–Kier alpha value is -1.14. The number of rotatable bonds is 4. The fraction of sp³-hybridized carbons (Fsp3) is 0.500. The molecule has 1 unspecified atom stereocenters. The summed E-state index contributed by atoms with van der Waals surface area (Å²) in [5.41, 5.74) is 1.17. The van der Waals surface area contributed by atoms with Crippen LogP contribution in [0.2, 0.25) is 5.02 Å². The van der Waals surface area contributed by atoms with E-state index in [9.17, 15) is 9.59 Å². The molecule has 3 rings (SSSR count). The van der Waals surface area contributed by atoms with Crippen LogP contribution in [-0.2, 0) is 9.59 Å². The van der Waals surface area contributed by atoms with Crippen molar-refractivity contribution in [2.75, 3.05) is 32.7 Å². The van der Waals surface area contributed by atoms with Gasteiger partial charge in [-0.05, 0) is 17.7 Å². The second-order valence-electron chi connectivity index (χ2n) is 5.75. The first kappa shape index (κ1) is 18.2. The molecule has 2 heterocycles. The Bertz CT molecular complexity index is 566.